The number of hydrogen-bond donors (Lipinski definition) is 9. The van der Waals surface area contributed by atoms with E-state index >= 15 is 0 Å². The van der Waals surface area contributed by atoms with E-state index in [-0.39, 0.29) is 0 Å². The van der Waals surface area contributed by atoms with Crippen molar-refractivity contribution >= 4 is 0 Å². The third kappa shape index (κ3) is 29.8. The van der Waals surface area contributed by atoms with E-state index in [9.17, 15) is 5.11 Å². The summed E-state index contributed by atoms with van der Waals surface area (Å²) >= 11 is 0. The van der Waals surface area contributed by atoms with Crippen LogP contribution in [0.15, 0.2) is 30.3 Å². The Kier molecular flexibility index (Phi) is 34.9. The molecule has 0 saturated carbocycles. The van der Waals surface area contributed by atoms with Gasteiger partial charge in [0.25, 0.3) is 0 Å². The third-order valence-corrected chi connectivity index (χ3v) is 6.15. The van der Waals surface area contributed by atoms with E-state index in [1.807, 2.05) is 51.2 Å². The van der Waals surface area contributed by atoms with E-state index in [0.717, 1.165) is 103 Å². The van der Waals surface area contributed by atoms with Crippen LogP contribution in [0.3, 0.4) is 0 Å². The molecule has 0 spiro atoms. The maximum Gasteiger partial charge on any atom is 0.139 e. The molecular weight excluding hydrogens is 500 g/mol. The summed E-state index contributed by atoms with van der Waals surface area (Å²) < 4.78 is 0. The third-order valence-electron chi connectivity index (χ3n) is 6.15. The van der Waals surface area contributed by atoms with Crippen molar-refractivity contribution in [2.24, 2.45) is 11.5 Å². The number of nitrogens with two attached hydrogens (primary N) is 2. The van der Waals surface area contributed by atoms with Crippen molar-refractivity contribution in [1.29, 1.82) is 0 Å². The summed E-state index contributed by atoms with van der Waals surface area (Å²) in [6.45, 7) is 17.8. The minimum Gasteiger partial charge on any atom is -0.372 e. The predicted molar refractivity (Wildman–Crippen MR) is 176 cm³/mol. The van der Waals surface area contributed by atoms with Gasteiger partial charge in [-0.15, -0.1) is 0 Å². The molecule has 9 heteroatoms. The monoisotopic (exact) mass is 569 g/mol. The number of nitrogens with one attached hydrogen (secondary N) is 6. The number of rotatable bonds is 26. The fourth-order valence-corrected chi connectivity index (χ4v) is 3.75. The molecule has 1 atom stereocenters. The van der Waals surface area contributed by atoms with Crippen LogP contribution in [0.2, 0.25) is 0 Å². The first-order chi connectivity index (χ1) is 19.6. The highest BCUT2D eigenvalue weighted by Crippen LogP contribution is 2.16. The van der Waals surface area contributed by atoms with Gasteiger partial charge in [-0.1, -0.05) is 44.2 Å². The van der Waals surface area contributed by atoms with Crippen LogP contribution in [0.4, 0.5) is 0 Å². The van der Waals surface area contributed by atoms with Gasteiger partial charge in [0.15, 0.2) is 0 Å². The molecule has 1 aromatic carbocycles. The average Bonchev–Trinajstić information content (AvgIpc) is 2.98. The van der Waals surface area contributed by atoms with Gasteiger partial charge < -0.3 is 43.2 Å². The lowest BCUT2D eigenvalue weighted by atomic mass is 10.1. The van der Waals surface area contributed by atoms with E-state index in [2.05, 4.69) is 31.9 Å². The minimum atomic E-state index is -0.962. The summed E-state index contributed by atoms with van der Waals surface area (Å²) in [7, 11) is 1.99. The molecule has 0 bridgehead atoms. The van der Waals surface area contributed by atoms with Crippen LogP contribution >= 0.6 is 0 Å². The van der Waals surface area contributed by atoms with Crippen LogP contribution < -0.4 is 43.4 Å². The molecule has 1 rings (SSSR count). The van der Waals surface area contributed by atoms with Gasteiger partial charge in [-0.25, -0.2) is 0 Å². The number of benzene rings is 1. The number of unbranched alkanes of at least 4 members (excludes halogenated alkanes) is 2. The average molecular weight is 569 g/mol. The van der Waals surface area contributed by atoms with Gasteiger partial charge in [0.2, 0.25) is 0 Å². The van der Waals surface area contributed by atoms with Crippen molar-refractivity contribution < 1.29 is 5.11 Å². The lowest BCUT2D eigenvalue weighted by Crippen LogP contribution is -2.40. The summed E-state index contributed by atoms with van der Waals surface area (Å²) in [5, 5.41) is 30.4. The van der Waals surface area contributed by atoms with Crippen molar-refractivity contribution in [1.82, 2.24) is 31.9 Å². The second-order valence-corrected chi connectivity index (χ2v) is 9.87. The largest absolute Gasteiger partial charge is 0.372 e. The van der Waals surface area contributed by atoms with Crippen molar-refractivity contribution in [2.75, 3.05) is 85.6 Å². The molecule has 9 nitrogen and oxygen atoms in total. The Labute approximate surface area is 247 Å². The lowest BCUT2D eigenvalue weighted by molar-refractivity contribution is 0.0200. The van der Waals surface area contributed by atoms with Gasteiger partial charge in [0, 0.05) is 0 Å². The second-order valence-electron chi connectivity index (χ2n) is 9.87. The Balaban J connectivity index is 0. The fourth-order valence-electron chi connectivity index (χ4n) is 3.75. The van der Waals surface area contributed by atoms with Crippen molar-refractivity contribution in [3.63, 3.8) is 0 Å². The van der Waals surface area contributed by atoms with E-state index in [1.165, 1.54) is 32.1 Å². The Hall–Kier alpha value is -1.14. The molecule has 0 fully saturated rings. The second kappa shape index (κ2) is 34.1. The molecule has 238 valence electrons. The smallest absolute Gasteiger partial charge is 0.139 e. The molecule has 0 aliphatic rings. The van der Waals surface area contributed by atoms with Crippen LogP contribution in [0.5, 0.6) is 0 Å². The van der Waals surface area contributed by atoms with E-state index in [0.29, 0.717) is 0 Å². The molecule has 0 radical (unpaired) electrons. The Bertz CT molecular complexity index is 566. The molecule has 0 amide bonds. The summed E-state index contributed by atoms with van der Waals surface area (Å²) in [4.78, 5) is 0. The van der Waals surface area contributed by atoms with Crippen LogP contribution in [0.1, 0.15) is 77.7 Å². The van der Waals surface area contributed by atoms with Crippen molar-refractivity contribution in [2.45, 2.75) is 77.9 Å². The molecule has 1 aromatic rings. The van der Waals surface area contributed by atoms with Gasteiger partial charge >= 0.3 is 0 Å². The van der Waals surface area contributed by atoms with Crippen LogP contribution in [0.25, 0.3) is 0 Å². The quantitative estimate of drug-likeness (QED) is 0.0606. The summed E-state index contributed by atoms with van der Waals surface area (Å²) in [5.41, 5.74) is 10.8. The van der Waals surface area contributed by atoms with Gasteiger partial charge in [-0.05, 0) is 149 Å². The zero-order valence-electron chi connectivity index (χ0n) is 26.6. The van der Waals surface area contributed by atoms with Gasteiger partial charge in [0.1, 0.15) is 5.72 Å². The van der Waals surface area contributed by atoms with Gasteiger partial charge in [-0.3, -0.25) is 5.32 Å². The van der Waals surface area contributed by atoms with Crippen molar-refractivity contribution in [3.05, 3.63) is 35.9 Å². The molecule has 11 N–H and O–H groups in total. The van der Waals surface area contributed by atoms with E-state index < -0.39 is 5.72 Å². The molecular formula is C31H68N8O. The van der Waals surface area contributed by atoms with E-state index in [1.54, 1.807) is 6.92 Å². The standard InChI is InChI=1S/C18H34N4O.C11H28N4.C2H6/c1-18(23,17-9-3-2-4-10-17)22-16-8-15-21-13-6-5-12-20-14-7-11-19;1-13-7-5-11-15-9-3-2-8-14-10-4-6-12;1-2/h2-4,9-10,20-23H,5-8,11-16,19H2,1H3;13-15H,2-12H2,1H3;1-2H3. The summed E-state index contributed by atoms with van der Waals surface area (Å²) in [6.07, 6.45) is 9.24. The Morgan fingerprint density at radius 1 is 0.575 bits per heavy atom. The molecule has 0 aliphatic heterocycles. The topological polar surface area (TPSA) is 144 Å². The number of aliphatic hydroxyl groups is 1. The van der Waals surface area contributed by atoms with Crippen LogP contribution in [-0.4, -0.2) is 90.7 Å². The van der Waals surface area contributed by atoms with Crippen molar-refractivity contribution in [3.8, 4) is 0 Å². The van der Waals surface area contributed by atoms with Crippen LogP contribution in [0, 0.1) is 0 Å². The first-order valence-electron chi connectivity index (χ1n) is 16.0. The first-order valence-corrected chi connectivity index (χ1v) is 16.0. The maximum atomic E-state index is 10.4. The highest BCUT2D eigenvalue weighted by atomic mass is 16.3. The number of hydrogen-bond acceptors (Lipinski definition) is 9. The van der Waals surface area contributed by atoms with E-state index in [4.69, 9.17) is 11.5 Å². The Morgan fingerprint density at radius 3 is 1.35 bits per heavy atom. The maximum absolute atomic E-state index is 10.4. The fraction of sp³-hybridized carbons (Fsp3) is 0.806. The SMILES string of the molecule is CC.CC(O)(NCCCNCCCCNCCCN)c1ccccc1.CNCCCNCCCCNCCCN. The predicted octanol–water partition coefficient (Wildman–Crippen LogP) is 2.07. The molecule has 40 heavy (non-hydrogen) atoms. The summed E-state index contributed by atoms with van der Waals surface area (Å²) in [5.74, 6) is 0. The zero-order chi connectivity index (χ0) is 30.0. The van der Waals surface area contributed by atoms with Gasteiger partial charge in [-0.2, -0.15) is 0 Å². The van der Waals surface area contributed by atoms with Gasteiger partial charge in [0.05, 0.1) is 0 Å². The molecule has 1 unspecified atom stereocenters. The highest BCUT2D eigenvalue weighted by Gasteiger charge is 2.20. The summed E-state index contributed by atoms with van der Waals surface area (Å²) in [6, 6.07) is 9.72. The first kappa shape index (κ1) is 41.0. The highest BCUT2D eigenvalue weighted by molar-refractivity contribution is 5.20. The lowest BCUT2D eigenvalue weighted by Gasteiger charge is -2.25. The zero-order valence-corrected chi connectivity index (χ0v) is 26.6. The minimum absolute atomic E-state index is 0.764. The molecule has 0 heterocycles. The Morgan fingerprint density at radius 2 is 0.950 bits per heavy atom. The molecule has 0 aliphatic carbocycles. The normalized spacial score (nSPS) is 12.2. The molecule has 0 saturated heterocycles. The van der Waals surface area contributed by atoms with Crippen LogP contribution in [-0.2, 0) is 5.72 Å². The molecule has 0 aromatic heterocycles.